The van der Waals surface area contributed by atoms with E-state index in [0.717, 1.165) is 6.07 Å². The van der Waals surface area contributed by atoms with E-state index in [1.807, 2.05) is 0 Å². The molecule has 28 heavy (non-hydrogen) atoms. The number of benzene rings is 2. The lowest BCUT2D eigenvalue weighted by Crippen LogP contribution is -2.08. The number of carbonyl (C=O) groups is 1. The third-order valence-corrected chi connectivity index (χ3v) is 4.12. The van der Waals surface area contributed by atoms with Gasteiger partial charge in [0.25, 0.3) is 0 Å². The van der Waals surface area contributed by atoms with Gasteiger partial charge in [-0.3, -0.25) is 9.78 Å². The van der Waals surface area contributed by atoms with E-state index in [4.69, 9.17) is 4.74 Å². The summed E-state index contributed by atoms with van der Waals surface area (Å²) < 4.78 is 32.6. The first-order valence-corrected chi connectivity index (χ1v) is 8.26. The maximum absolute atomic E-state index is 13.8. The number of pyridine rings is 2. The topological polar surface area (TPSA) is 72.1 Å². The Labute approximate surface area is 157 Å². The highest BCUT2D eigenvalue weighted by Crippen LogP contribution is 2.23. The second-order valence-corrected chi connectivity index (χ2v) is 6.01. The Bertz CT molecular complexity index is 1240. The molecule has 0 saturated carbocycles. The summed E-state index contributed by atoms with van der Waals surface area (Å²) in [5.41, 5.74) is 0.785. The van der Waals surface area contributed by atoms with Crippen LogP contribution in [0.5, 0.6) is 5.75 Å². The zero-order chi connectivity index (χ0) is 19.7. The van der Waals surface area contributed by atoms with E-state index in [1.165, 1.54) is 12.3 Å². The fraction of sp³-hybridized carbons (Fsp3) is 0. The number of H-pyrrole nitrogens is 1. The molecule has 2 aromatic heterocycles. The smallest absolute Gasteiger partial charge is 0.345 e. The predicted octanol–water partition coefficient (Wildman–Crippen LogP) is 4.09. The van der Waals surface area contributed by atoms with Crippen LogP contribution in [0.3, 0.4) is 0 Å². The molecule has 0 aliphatic carbocycles. The molecule has 0 saturated heterocycles. The Morgan fingerprint density at radius 3 is 2.54 bits per heavy atom. The van der Waals surface area contributed by atoms with Crippen molar-refractivity contribution in [1.82, 2.24) is 9.97 Å². The molecule has 0 aliphatic heterocycles. The van der Waals surface area contributed by atoms with Crippen LogP contribution < -0.4 is 10.2 Å². The minimum atomic E-state index is -0.916. The van der Waals surface area contributed by atoms with Crippen molar-refractivity contribution in [2.24, 2.45) is 0 Å². The number of ether oxygens (including phenoxy) is 1. The van der Waals surface area contributed by atoms with Gasteiger partial charge in [-0.2, -0.15) is 0 Å². The number of esters is 1. The van der Waals surface area contributed by atoms with Gasteiger partial charge in [0.1, 0.15) is 17.4 Å². The van der Waals surface area contributed by atoms with Crippen LogP contribution in [-0.4, -0.2) is 15.9 Å². The fourth-order valence-electron chi connectivity index (χ4n) is 2.81. The maximum atomic E-state index is 13.8. The van der Waals surface area contributed by atoms with Gasteiger partial charge in [-0.15, -0.1) is 0 Å². The molecule has 2 aromatic carbocycles. The summed E-state index contributed by atoms with van der Waals surface area (Å²) in [7, 11) is 0. The molecule has 4 aromatic rings. The fourth-order valence-corrected chi connectivity index (χ4v) is 2.81. The summed E-state index contributed by atoms with van der Waals surface area (Å²) in [5.74, 6) is -1.94. The SMILES string of the molecule is O=C(Oc1ccc(-c2cc(=O)c3c(F)cc(F)cc3[nH]2)cc1)c1cccnc1. The van der Waals surface area contributed by atoms with Gasteiger partial charge >= 0.3 is 5.97 Å². The Morgan fingerprint density at radius 1 is 1.04 bits per heavy atom. The van der Waals surface area contributed by atoms with Gasteiger partial charge in [-0.25, -0.2) is 13.6 Å². The van der Waals surface area contributed by atoms with E-state index < -0.39 is 23.0 Å². The van der Waals surface area contributed by atoms with Crippen LogP contribution in [0.15, 0.2) is 71.8 Å². The highest BCUT2D eigenvalue weighted by molar-refractivity contribution is 5.90. The molecule has 4 rings (SSSR count). The number of aromatic nitrogens is 2. The lowest BCUT2D eigenvalue weighted by atomic mass is 10.1. The van der Waals surface area contributed by atoms with Gasteiger partial charge < -0.3 is 9.72 Å². The number of nitrogens with one attached hydrogen (secondary N) is 1. The number of rotatable bonds is 3. The zero-order valence-corrected chi connectivity index (χ0v) is 14.3. The van der Waals surface area contributed by atoms with Gasteiger partial charge in [0, 0.05) is 30.2 Å². The normalized spacial score (nSPS) is 10.8. The van der Waals surface area contributed by atoms with Crippen LogP contribution in [0.4, 0.5) is 8.78 Å². The summed E-state index contributed by atoms with van der Waals surface area (Å²) >= 11 is 0. The molecule has 0 amide bonds. The molecule has 138 valence electrons. The van der Waals surface area contributed by atoms with Crippen LogP contribution in [0.1, 0.15) is 10.4 Å². The zero-order valence-electron chi connectivity index (χ0n) is 14.3. The molecule has 0 aliphatic rings. The van der Waals surface area contributed by atoms with Gasteiger partial charge in [0.2, 0.25) is 0 Å². The molecule has 2 heterocycles. The molecule has 0 bridgehead atoms. The molecule has 0 atom stereocenters. The second-order valence-electron chi connectivity index (χ2n) is 6.01. The molecule has 1 N–H and O–H groups in total. The average Bonchev–Trinajstić information content (AvgIpc) is 2.68. The van der Waals surface area contributed by atoms with Gasteiger partial charge in [-0.05, 0) is 48.0 Å². The quantitative estimate of drug-likeness (QED) is 0.431. The average molecular weight is 378 g/mol. The summed E-state index contributed by atoms with van der Waals surface area (Å²) in [5, 5.41) is -0.202. The van der Waals surface area contributed by atoms with Gasteiger partial charge in [0.15, 0.2) is 5.43 Å². The Kier molecular flexibility index (Phi) is 4.41. The number of carbonyl (C=O) groups excluding carboxylic acids is 1. The summed E-state index contributed by atoms with van der Waals surface area (Å²) in [6, 6.07) is 12.5. The van der Waals surface area contributed by atoms with E-state index in [1.54, 1.807) is 42.6 Å². The Hall–Kier alpha value is -3.87. The van der Waals surface area contributed by atoms with Gasteiger partial charge in [0.05, 0.1) is 16.5 Å². The molecule has 0 spiro atoms. The standard InChI is InChI=1S/C21H12F2N2O3/c22-14-8-16(23)20-18(9-14)25-17(10-19(20)26)12-3-5-15(6-4-12)28-21(27)13-2-1-7-24-11-13/h1-11H,(H,25,26). The summed E-state index contributed by atoms with van der Waals surface area (Å²) in [6.45, 7) is 0. The number of fused-ring (bicyclic) bond motifs is 1. The second kappa shape index (κ2) is 7.03. The highest BCUT2D eigenvalue weighted by atomic mass is 19.1. The van der Waals surface area contributed by atoms with Crippen molar-refractivity contribution in [2.75, 3.05) is 0 Å². The molecule has 7 heteroatoms. The van der Waals surface area contributed by atoms with Crippen LogP contribution in [0.2, 0.25) is 0 Å². The van der Waals surface area contributed by atoms with Crippen molar-refractivity contribution in [3.8, 4) is 17.0 Å². The summed E-state index contributed by atoms with van der Waals surface area (Å²) in [6.07, 6.45) is 2.95. The van der Waals surface area contributed by atoms with Crippen molar-refractivity contribution in [3.63, 3.8) is 0 Å². The van der Waals surface area contributed by atoms with E-state index in [2.05, 4.69) is 9.97 Å². The molecular formula is C21H12F2N2O3. The Morgan fingerprint density at radius 2 is 1.82 bits per heavy atom. The summed E-state index contributed by atoms with van der Waals surface area (Å²) in [4.78, 5) is 31.0. The van der Waals surface area contributed by atoms with Crippen molar-refractivity contribution in [1.29, 1.82) is 0 Å². The first kappa shape index (κ1) is 17.5. The molecule has 5 nitrogen and oxygen atoms in total. The minimum Gasteiger partial charge on any atom is -0.423 e. The third-order valence-electron chi connectivity index (χ3n) is 4.12. The van der Waals surface area contributed by atoms with Crippen molar-refractivity contribution >= 4 is 16.9 Å². The largest absolute Gasteiger partial charge is 0.423 e. The monoisotopic (exact) mass is 378 g/mol. The third kappa shape index (κ3) is 3.37. The van der Waals surface area contributed by atoms with E-state index in [0.29, 0.717) is 28.6 Å². The Balaban J connectivity index is 1.64. The first-order valence-electron chi connectivity index (χ1n) is 8.26. The molecule has 0 fully saturated rings. The lowest BCUT2D eigenvalue weighted by molar-refractivity contribution is 0.0734. The van der Waals surface area contributed by atoms with Crippen LogP contribution in [0.25, 0.3) is 22.2 Å². The molecular weight excluding hydrogens is 366 g/mol. The molecule has 0 radical (unpaired) electrons. The van der Waals surface area contributed by atoms with Crippen molar-refractivity contribution < 1.29 is 18.3 Å². The number of aromatic amines is 1. The number of halogens is 2. The van der Waals surface area contributed by atoms with E-state index in [9.17, 15) is 18.4 Å². The van der Waals surface area contributed by atoms with Crippen LogP contribution in [-0.2, 0) is 0 Å². The van der Waals surface area contributed by atoms with Crippen molar-refractivity contribution in [2.45, 2.75) is 0 Å². The molecule has 0 unspecified atom stereocenters. The number of nitrogens with zero attached hydrogens (tertiary/aromatic N) is 1. The predicted molar refractivity (Wildman–Crippen MR) is 99.1 cm³/mol. The van der Waals surface area contributed by atoms with Gasteiger partial charge in [-0.1, -0.05) is 0 Å². The number of hydrogen-bond acceptors (Lipinski definition) is 4. The van der Waals surface area contributed by atoms with Crippen molar-refractivity contribution in [3.05, 3.63) is 94.4 Å². The number of hydrogen-bond donors (Lipinski definition) is 1. The highest BCUT2D eigenvalue weighted by Gasteiger charge is 2.12. The van der Waals surface area contributed by atoms with E-state index in [-0.39, 0.29) is 10.9 Å². The maximum Gasteiger partial charge on any atom is 0.345 e. The van der Waals surface area contributed by atoms with Crippen LogP contribution >= 0.6 is 0 Å². The van der Waals surface area contributed by atoms with E-state index >= 15 is 0 Å². The minimum absolute atomic E-state index is 0.0621. The lowest BCUT2D eigenvalue weighted by Gasteiger charge is -2.08. The van der Waals surface area contributed by atoms with Crippen LogP contribution in [0, 0.1) is 11.6 Å². The first-order chi connectivity index (χ1) is 13.5.